The van der Waals surface area contributed by atoms with Gasteiger partial charge in [0.05, 0.1) is 0 Å². The van der Waals surface area contributed by atoms with E-state index in [2.05, 4.69) is 10.6 Å². The van der Waals surface area contributed by atoms with Gasteiger partial charge in [0.2, 0.25) is 5.91 Å². The number of rotatable bonds is 4. The van der Waals surface area contributed by atoms with Gasteiger partial charge < -0.3 is 15.7 Å². The van der Waals surface area contributed by atoms with E-state index in [0.717, 1.165) is 31.5 Å². The van der Waals surface area contributed by atoms with Gasteiger partial charge in [0.1, 0.15) is 5.75 Å². The van der Waals surface area contributed by atoms with Gasteiger partial charge in [-0.05, 0) is 49.5 Å². The first kappa shape index (κ1) is 14.9. The zero-order valence-electron chi connectivity index (χ0n) is 12.3. The molecule has 1 atom stereocenters. The van der Waals surface area contributed by atoms with Crippen LogP contribution in [0.2, 0.25) is 0 Å². The van der Waals surface area contributed by atoms with Crippen molar-refractivity contribution < 1.29 is 9.90 Å². The second kappa shape index (κ2) is 6.27. The Labute approximate surface area is 120 Å². The lowest BCUT2D eigenvalue weighted by Crippen LogP contribution is -2.47. The molecule has 0 bridgehead atoms. The Kier molecular flexibility index (Phi) is 4.65. The molecule has 1 aromatic rings. The highest BCUT2D eigenvalue weighted by Crippen LogP contribution is 2.32. The quantitative estimate of drug-likeness (QED) is 0.788. The molecular formula is C16H24N2O2. The molecule has 0 radical (unpaired) electrons. The predicted molar refractivity (Wildman–Crippen MR) is 79.3 cm³/mol. The number of nitrogens with one attached hydrogen (secondary N) is 2. The van der Waals surface area contributed by atoms with E-state index in [9.17, 15) is 9.90 Å². The third kappa shape index (κ3) is 3.51. The normalized spacial score (nSPS) is 19.6. The van der Waals surface area contributed by atoms with E-state index in [-0.39, 0.29) is 17.1 Å². The molecule has 2 rings (SSSR count). The van der Waals surface area contributed by atoms with Crippen molar-refractivity contribution in [3.8, 4) is 5.75 Å². The molecular weight excluding hydrogens is 252 g/mol. The second-order valence-electron chi connectivity index (χ2n) is 6.11. The summed E-state index contributed by atoms with van der Waals surface area (Å²) in [6.07, 6.45) is 2.24. The molecule has 1 aromatic carbocycles. The monoisotopic (exact) mass is 276 g/mol. The third-order valence-electron chi connectivity index (χ3n) is 4.29. The fourth-order valence-electron chi connectivity index (χ4n) is 2.68. The molecule has 4 heteroatoms. The molecule has 0 aliphatic carbocycles. The van der Waals surface area contributed by atoms with Crippen LogP contribution in [0.4, 0.5) is 0 Å². The molecule has 1 aliphatic rings. The molecule has 1 saturated heterocycles. The Balaban J connectivity index is 1.91. The Morgan fingerprint density at radius 2 is 2.10 bits per heavy atom. The highest BCUT2D eigenvalue weighted by molar-refractivity contribution is 5.82. The number of carbonyl (C=O) groups excluding carboxylic acids is 1. The summed E-state index contributed by atoms with van der Waals surface area (Å²) in [5.74, 6) is 0.726. The van der Waals surface area contributed by atoms with Crippen LogP contribution in [0.1, 0.15) is 32.3 Å². The number of phenols is 1. The molecule has 1 unspecified atom stereocenters. The molecule has 4 nitrogen and oxygen atoms in total. The average molecular weight is 276 g/mol. The number of hydrogen-bond acceptors (Lipinski definition) is 3. The lowest BCUT2D eigenvalue weighted by molar-refractivity contribution is -0.132. The van der Waals surface area contributed by atoms with E-state index < -0.39 is 0 Å². The smallest absolute Gasteiger partial charge is 0.226 e. The summed E-state index contributed by atoms with van der Waals surface area (Å²) in [5, 5.41) is 15.6. The van der Waals surface area contributed by atoms with Gasteiger partial charge in [0, 0.05) is 12.0 Å². The van der Waals surface area contributed by atoms with Crippen molar-refractivity contribution in [3.63, 3.8) is 0 Å². The number of hydrogen-bond donors (Lipinski definition) is 3. The van der Waals surface area contributed by atoms with E-state index >= 15 is 0 Å². The van der Waals surface area contributed by atoms with Gasteiger partial charge in [-0.15, -0.1) is 0 Å². The molecule has 110 valence electrons. The average Bonchev–Trinajstić information content (AvgIpc) is 2.47. The van der Waals surface area contributed by atoms with Crippen LogP contribution in [-0.4, -0.2) is 24.1 Å². The molecule has 3 N–H and O–H groups in total. The van der Waals surface area contributed by atoms with Crippen LogP contribution in [0.3, 0.4) is 0 Å². The Morgan fingerprint density at radius 3 is 2.70 bits per heavy atom. The number of benzene rings is 1. The molecule has 0 spiro atoms. The maximum absolute atomic E-state index is 12.4. The van der Waals surface area contributed by atoms with Crippen LogP contribution in [0, 0.1) is 11.3 Å². The maximum Gasteiger partial charge on any atom is 0.226 e. The number of carbonyl (C=O) groups is 1. The van der Waals surface area contributed by atoms with E-state index in [0.29, 0.717) is 12.5 Å². The minimum atomic E-state index is -0.357. The summed E-state index contributed by atoms with van der Waals surface area (Å²) in [6.45, 7) is 6.53. The first-order valence-electron chi connectivity index (χ1n) is 7.27. The van der Waals surface area contributed by atoms with Crippen molar-refractivity contribution in [3.05, 3.63) is 29.8 Å². The van der Waals surface area contributed by atoms with Crippen LogP contribution < -0.4 is 10.6 Å². The fourth-order valence-corrected chi connectivity index (χ4v) is 2.68. The summed E-state index contributed by atoms with van der Waals surface area (Å²) >= 11 is 0. The minimum Gasteiger partial charge on any atom is -0.508 e. The molecule has 1 heterocycles. The number of phenolic OH excluding ortho intramolecular Hbond substituents is 1. The van der Waals surface area contributed by atoms with Crippen molar-refractivity contribution in [1.29, 1.82) is 0 Å². The van der Waals surface area contributed by atoms with Crippen molar-refractivity contribution in [2.24, 2.45) is 11.3 Å². The Morgan fingerprint density at radius 1 is 1.40 bits per heavy atom. The zero-order chi connectivity index (χ0) is 14.6. The first-order valence-corrected chi connectivity index (χ1v) is 7.27. The molecule has 0 saturated carbocycles. The van der Waals surface area contributed by atoms with Gasteiger partial charge in [0.25, 0.3) is 0 Å². The van der Waals surface area contributed by atoms with E-state index in [1.807, 2.05) is 26.0 Å². The second-order valence-corrected chi connectivity index (χ2v) is 6.11. The van der Waals surface area contributed by atoms with Crippen molar-refractivity contribution in [2.75, 3.05) is 13.1 Å². The van der Waals surface area contributed by atoms with Crippen LogP contribution in [0.15, 0.2) is 24.3 Å². The molecule has 20 heavy (non-hydrogen) atoms. The zero-order valence-corrected chi connectivity index (χ0v) is 12.3. The first-order chi connectivity index (χ1) is 9.50. The Bertz CT molecular complexity index is 448. The van der Waals surface area contributed by atoms with Crippen LogP contribution in [0.5, 0.6) is 5.75 Å². The van der Waals surface area contributed by atoms with Gasteiger partial charge in [-0.1, -0.05) is 26.0 Å². The fraction of sp³-hybridized carbons (Fsp3) is 0.562. The van der Waals surface area contributed by atoms with E-state index in [4.69, 9.17) is 0 Å². The molecule has 1 amide bonds. The van der Waals surface area contributed by atoms with Crippen molar-refractivity contribution >= 4 is 5.91 Å². The topological polar surface area (TPSA) is 61.4 Å². The lowest BCUT2D eigenvalue weighted by Gasteiger charge is -2.36. The number of piperidine rings is 1. The third-order valence-corrected chi connectivity index (χ3v) is 4.29. The highest BCUT2D eigenvalue weighted by atomic mass is 16.3. The Hall–Kier alpha value is -1.55. The van der Waals surface area contributed by atoms with Crippen molar-refractivity contribution in [1.82, 2.24) is 10.6 Å². The van der Waals surface area contributed by atoms with Gasteiger partial charge >= 0.3 is 0 Å². The van der Waals surface area contributed by atoms with Crippen LogP contribution in [-0.2, 0) is 11.3 Å². The summed E-state index contributed by atoms with van der Waals surface area (Å²) in [6, 6.07) is 6.92. The molecule has 1 aliphatic heterocycles. The molecule has 0 aromatic heterocycles. The van der Waals surface area contributed by atoms with Gasteiger partial charge in [-0.25, -0.2) is 0 Å². The largest absolute Gasteiger partial charge is 0.508 e. The standard InChI is InChI=1S/C16H24N2O2/c1-16(2,13-4-3-9-17-11-13)15(20)18-10-12-5-7-14(19)8-6-12/h5-8,13,17,19H,3-4,9-11H2,1-2H3,(H,18,20). The number of amides is 1. The minimum absolute atomic E-state index is 0.0966. The summed E-state index contributed by atoms with van der Waals surface area (Å²) in [7, 11) is 0. The summed E-state index contributed by atoms with van der Waals surface area (Å²) in [5.41, 5.74) is 0.637. The van der Waals surface area contributed by atoms with Crippen LogP contribution in [0.25, 0.3) is 0 Å². The highest BCUT2D eigenvalue weighted by Gasteiger charge is 2.36. The molecule has 1 fully saturated rings. The van der Waals surface area contributed by atoms with Gasteiger partial charge in [0.15, 0.2) is 0 Å². The van der Waals surface area contributed by atoms with E-state index in [1.54, 1.807) is 12.1 Å². The maximum atomic E-state index is 12.4. The predicted octanol–water partition coefficient (Wildman–Crippen LogP) is 2.03. The van der Waals surface area contributed by atoms with Gasteiger partial charge in [-0.2, -0.15) is 0 Å². The number of aromatic hydroxyl groups is 1. The summed E-state index contributed by atoms with van der Waals surface area (Å²) < 4.78 is 0. The van der Waals surface area contributed by atoms with Gasteiger partial charge in [-0.3, -0.25) is 4.79 Å². The summed E-state index contributed by atoms with van der Waals surface area (Å²) in [4.78, 5) is 12.4. The van der Waals surface area contributed by atoms with Crippen molar-refractivity contribution in [2.45, 2.75) is 33.2 Å². The van der Waals surface area contributed by atoms with Crippen LogP contribution >= 0.6 is 0 Å². The van der Waals surface area contributed by atoms with E-state index in [1.165, 1.54) is 0 Å². The SMILES string of the molecule is CC(C)(C(=O)NCc1ccc(O)cc1)C1CCCNC1. The lowest BCUT2D eigenvalue weighted by atomic mass is 9.74.